The van der Waals surface area contributed by atoms with Gasteiger partial charge in [0.25, 0.3) is 17.7 Å². The lowest BCUT2D eigenvalue weighted by atomic mass is 10.2. The van der Waals surface area contributed by atoms with Gasteiger partial charge < -0.3 is 16.0 Å². The number of pyridine rings is 3. The van der Waals surface area contributed by atoms with Crippen LogP contribution in [0.5, 0.6) is 0 Å². The van der Waals surface area contributed by atoms with Crippen LogP contribution in [0, 0.1) is 0 Å². The molecule has 0 aliphatic rings. The molecule has 3 aromatic carbocycles. The van der Waals surface area contributed by atoms with Gasteiger partial charge in [-0.3, -0.25) is 60.0 Å². The zero-order chi connectivity index (χ0) is 46.9. The first-order chi connectivity index (χ1) is 32.3. The first kappa shape index (κ1) is 50.5. The van der Waals surface area contributed by atoms with Crippen LogP contribution in [0.1, 0.15) is 67.0 Å². The largest absolute Gasteiger partial charge is 0.352 e. The molecule has 0 bridgehead atoms. The van der Waals surface area contributed by atoms with Gasteiger partial charge in [0.2, 0.25) is 17.7 Å². The van der Waals surface area contributed by atoms with Crippen molar-refractivity contribution in [2.75, 3.05) is 19.6 Å². The summed E-state index contributed by atoms with van der Waals surface area (Å²) in [4.78, 5) is 81.6. The summed E-state index contributed by atoms with van der Waals surface area (Å²) in [5.74, 6) is -0.996. The fourth-order valence-electron chi connectivity index (χ4n) is 5.34. The summed E-state index contributed by atoms with van der Waals surface area (Å²) in [5.41, 5.74) is 20.5. The van der Waals surface area contributed by atoms with Crippen LogP contribution in [0.25, 0.3) is 0 Å². The lowest BCUT2D eigenvalue weighted by Crippen LogP contribution is -2.39. The van der Waals surface area contributed by atoms with Crippen molar-refractivity contribution in [1.82, 2.24) is 63.5 Å². The van der Waals surface area contributed by atoms with Crippen LogP contribution < -0.4 is 48.5 Å². The number of amides is 6. The van der Waals surface area contributed by atoms with Crippen LogP contribution in [0.4, 0.5) is 0 Å². The van der Waals surface area contributed by atoms with Gasteiger partial charge in [-0.25, -0.2) is 16.3 Å². The van der Waals surface area contributed by atoms with Crippen LogP contribution in [-0.4, -0.2) is 70.0 Å². The molecule has 9 N–H and O–H groups in total. The van der Waals surface area contributed by atoms with Crippen LogP contribution >= 0.6 is 0 Å². The maximum atomic E-state index is 11.7. The maximum absolute atomic E-state index is 11.7. The van der Waals surface area contributed by atoms with E-state index in [0.29, 0.717) is 56.0 Å². The van der Waals surface area contributed by atoms with Gasteiger partial charge in [-0.1, -0.05) is 91.0 Å². The summed E-state index contributed by atoms with van der Waals surface area (Å²) in [6, 6.07) is 38.8. The SMILES string of the molecule is O=C(CCNNC(=O)c1ccncc1)NCc1ccccc1.O=C(CCNNC(=O)c1ccncc1)NCc1ccccc1.O=C(CCNNC(=O)c1ccncc1)NCc1ccccc1. The smallest absolute Gasteiger partial charge is 0.265 e. The van der Waals surface area contributed by atoms with E-state index in [4.69, 9.17) is 0 Å². The number of hydrazine groups is 3. The van der Waals surface area contributed by atoms with Crippen molar-refractivity contribution >= 4 is 35.4 Å². The average Bonchev–Trinajstić information content (AvgIpc) is 3.38. The molecule has 0 unspecified atom stereocenters. The van der Waals surface area contributed by atoms with Crippen molar-refractivity contribution in [2.24, 2.45) is 0 Å². The van der Waals surface area contributed by atoms with Gasteiger partial charge in [0, 0.05) is 112 Å². The summed E-state index contributed by atoms with van der Waals surface area (Å²) in [6.45, 7) is 2.58. The molecule has 0 aliphatic heterocycles. The number of nitrogens with zero attached hydrogens (tertiary/aromatic N) is 3. The highest BCUT2D eigenvalue weighted by atomic mass is 16.2. The molecule has 6 aromatic rings. The van der Waals surface area contributed by atoms with Crippen molar-refractivity contribution < 1.29 is 28.8 Å². The van der Waals surface area contributed by atoms with E-state index in [1.165, 1.54) is 0 Å². The molecule has 0 fully saturated rings. The number of hydrogen-bond donors (Lipinski definition) is 9. The van der Waals surface area contributed by atoms with E-state index in [0.717, 1.165) is 16.7 Å². The van der Waals surface area contributed by atoms with Gasteiger partial charge in [-0.05, 0) is 53.1 Å². The molecular formula is C48H54N12O6. The standard InChI is InChI=1S/3C16H18N4O2/c3*21-15(18-12-13-4-2-1-3-5-13)8-11-19-20-16(22)14-6-9-17-10-7-14/h3*1-7,9-10,19H,8,11-12H2,(H,18,21)(H,20,22). The van der Waals surface area contributed by atoms with E-state index in [9.17, 15) is 28.8 Å². The van der Waals surface area contributed by atoms with E-state index in [1.54, 1.807) is 73.6 Å². The highest BCUT2D eigenvalue weighted by Crippen LogP contribution is 2.01. The van der Waals surface area contributed by atoms with Crippen molar-refractivity contribution in [3.63, 3.8) is 0 Å². The first-order valence-corrected chi connectivity index (χ1v) is 21.0. The van der Waals surface area contributed by atoms with Gasteiger partial charge in [0.15, 0.2) is 0 Å². The van der Waals surface area contributed by atoms with Crippen LogP contribution in [-0.2, 0) is 34.0 Å². The summed E-state index contributed by atoms with van der Waals surface area (Å²) in [6.07, 6.45) is 10.1. The Morgan fingerprint density at radius 2 is 0.576 bits per heavy atom. The fraction of sp³-hybridized carbons (Fsp3) is 0.188. The number of aromatic nitrogens is 3. The molecule has 0 aliphatic carbocycles. The molecule has 0 atom stereocenters. The zero-order valence-electron chi connectivity index (χ0n) is 36.2. The van der Waals surface area contributed by atoms with E-state index in [1.807, 2.05) is 91.0 Å². The predicted molar refractivity (Wildman–Crippen MR) is 248 cm³/mol. The summed E-state index contributed by atoms with van der Waals surface area (Å²) in [5, 5.41) is 8.46. The van der Waals surface area contributed by atoms with E-state index < -0.39 is 0 Å². The quantitative estimate of drug-likeness (QED) is 0.0374. The Hall–Kier alpha value is -8.19. The first-order valence-electron chi connectivity index (χ1n) is 21.0. The third kappa shape index (κ3) is 21.7. The number of benzene rings is 3. The van der Waals surface area contributed by atoms with Gasteiger partial charge in [-0.15, -0.1) is 0 Å². The topological polar surface area (TPSA) is 249 Å². The normalized spacial score (nSPS) is 10.0. The lowest BCUT2D eigenvalue weighted by molar-refractivity contribution is -0.122. The number of nitrogens with one attached hydrogen (secondary N) is 9. The van der Waals surface area contributed by atoms with E-state index in [-0.39, 0.29) is 54.7 Å². The second kappa shape index (κ2) is 30.8. The van der Waals surface area contributed by atoms with Gasteiger partial charge in [-0.2, -0.15) is 0 Å². The molecule has 0 radical (unpaired) electrons. The molecule has 3 aromatic heterocycles. The maximum Gasteiger partial charge on any atom is 0.265 e. The van der Waals surface area contributed by atoms with E-state index in [2.05, 4.69) is 63.5 Å². The number of carbonyl (C=O) groups excluding carboxylic acids is 6. The van der Waals surface area contributed by atoms with Crippen molar-refractivity contribution in [3.8, 4) is 0 Å². The van der Waals surface area contributed by atoms with Crippen molar-refractivity contribution in [2.45, 2.75) is 38.9 Å². The number of rotatable bonds is 21. The highest BCUT2D eigenvalue weighted by Gasteiger charge is 2.08. The zero-order valence-corrected chi connectivity index (χ0v) is 36.2. The Kier molecular flexibility index (Phi) is 23.5. The summed E-state index contributed by atoms with van der Waals surface area (Å²) < 4.78 is 0. The predicted octanol–water partition coefficient (Wildman–Crippen LogP) is 3.07. The third-order valence-electron chi connectivity index (χ3n) is 8.86. The van der Waals surface area contributed by atoms with Crippen LogP contribution in [0.15, 0.2) is 165 Å². The Labute approximate surface area is 383 Å². The number of hydrogen-bond acceptors (Lipinski definition) is 12. The Morgan fingerprint density at radius 1 is 0.333 bits per heavy atom. The molecule has 18 heteroatoms. The molecule has 18 nitrogen and oxygen atoms in total. The third-order valence-corrected chi connectivity index (χ3v) is 8.86. The number of carbonyl (C=O) groups is 6. The summed E-state index contributed by atoms with van der Waals surface area (Å²) in [7, 11) is 0. The molecule has 6 rings (SSSR count). The van der Waals surface area contributed by atoms with Crippen molar-refractivity contribution in [1.29, 1.82) is 0 Å². The molecule has 0 saturated carbocycles. The second-order valence-corrected chi connectivity index (χ2v) is 13.9. The van der Waals surface area contributed by atoms with Crippen molar-refractivity contribution in [3.05, 3.63) is 198 Å². The molecule has 6 amide bonds. The Bertz CT molecular complexity index is 2070. The Morgan fingerprint density at radius 3 is 0.818 bits per heavy atom. The van der Waals surface area contributed by atoms with E-state index >= 15 is 0 Å². The molecule has 0 saturated heterocycles. The minimum absolute atomic E-state index is 0.0745. The van der Waals surface area contributed by atoms with Gasteiger partial charge in [0.1, 0.15) is 0 Å². The highest BCUT2D eigenvalue weighted by molar-refractivity contribution is 5.94. The Balaban J connectivity index is 0.000000216. The monoisotopic (exact) mass is 894 g/mol. The lowest BCUT2D eigenvalue weighted by Gasteiger charge is -2.08. The minimum atomic E-state index is -0.257. The summed E-state index contributed by atoms with van der Waals surface area (Å²) >= 11 is 0. The van der Waals surface area contributed by atoms with Gasteiger partial charge in [0.05, 0.1) is 0 Å². The molecule has 66 heavy (non-hydrogen) atoms. The van der Waals surface area contributed by atoms with Crippen LogP contribution in [0.3, 0.4) is 0 Å². The fourth-order valence-corrected chi connectivity index (χ4v) is 5.34. The molecular weight excluding hydrogens is 841 g/mol. The average molecular weight is 895 g/mol. The molecule has 342 valence electrons. The van der Waals surface area contributed by atoms with Gasteiger partial charge >= 0.3 is 0 Å². The molecule has 3 heterocycles. The van der Waals surface area contributed by atoms with Crippen LogP contribution in [0.2, 0.25) is 0 Å². The second-order valence-electron chi connectivity index (χ2n) is 13.9. The minimum Gasteiger partial charge on any atom is -0.352 e. The molecule has 0 spiro atoms.